The van der Waals surface area contributed by atoms with Gasteiger partial charge in [-0.1, -0.05) is 36.4 Å². The number of benzene rings is 2. The van der Waals surface area contributed by atoms with Crippen LogP contribution in [-0.4, -0.2) is 38.9 Å². The summed E-state index contributed by atoms with van der Waals surface area (Å²) in [5, 5.41) is 2.85. The van der Waals surface area contributed by atoms with Crippen molar-refractivity contribution in [3.63, 3.8) is 0 Å². The molecule has 2 aromatic rings. The highest BCUT2D eigenvalue weighted by molar-refractivity contribution is 7.98. The molecule has 0 saturated carbocycles. The van der Waals surface area contributed by atoms with E-state index in [0.29, 0.717) is 12.2 Å². The summed E-state index contributed by atoms with van der Waals surface area (Å²) >= 11 is 1.73. The third-order valence-electron chi connectivity index (χ3n) is 4.49. The fourth-order valence-corrected chi connectivity index (χ4v) is 4.82. The number of aryl methyl sites for hydroxylation is 2. The zero-order valence-corrected chi connectivity index (χ0v) is 18.4. The van der Waals surface area contributed by atoms with Gasteiger partial charge in [0.1, 0.15) is 6.04 Å². The second kappa shape index (κ2) is 9.98. The van der Waals surface area contributed by atoms with E-state index in [1.54, 1.807) is 30.8 Å². The Hall–Kier alpha value is -1.99. The third-order valence-corrected chi connectivity index (χ3v) is 6.76. The van der Waals surface area contributed by atoms with E-state index in [1.165, 1.54) is 9.87 Å². The molecule has 1 atom stereocenters. The van der Waals surface area contributed by atoms with Crippen LogP contribution >= 0.6 is 11.8 Å². The van der Waals surface area contributed by atoms with Crippen LogP contribution in [0.5, 0.6) is 0 Å². The Morgan fingerprint density at radius 3 is 2.39 bits per heavy atom. The van der Waals surface area contributed by atoms with E-state index in [4.69, 9.17) is 0 Å². The van der Waals surface area contributed by atoms with Crippen molar-refractivity contribution >= 4 is 33.4 Å². The molecule has 7 heteroatoms. The van der Waals surface area contributed by atoms with E-state index in [2.05, 4.69) is 17.4 Å². The smallest absolute Gasteiger partial charge is 0.243 e. The van der Waals surface area contributed by atoms with Crippen molar-refractivity contribution in [1.29, 1.82) is 0 Å². The summed E-state index contributed by atoms with van der Waals surface area (Å²) in [5.74, 6) is 1.34. The van der Waals surface area contributed by atoms with Crippen molar-refractivity contribution in [2.24, 2.45) is 0 Å². The molecule has 1 amide bonds. The Balaban J connectivity index is 1.95. The van der Waals surface area contributed by atoms with Crippen molar-refractivity contribution in [2.75, 3.05) is 22.9 Å². The maximum absolute atomic E-state index is 12.6. The Morgan fingerprint density at radius 2 is 1.79 bits per heavy atom. The number of amides is 1. The highest BCUT2D eigenvalue weighted by Crippen LogP contribution is 2.23. The van der Waals surface area contributed by atoms with E-state index in [0.717, 1.165) is 28.9 Å². The number of hydrogen-bond acceptors (Lipinski definition) is 4. The van der Waals surface area contributed by atoms with Crippen molar-refractivity contribution in [3.05, 3.63) is 65.2 Å². The lowest BCUT2D eigenvalue weighted by Crippen LogP contribution is -2.48. The topological polar surface area (TPSA) is 66.5 Å². The summed E-state index contributed by atoms with van der Waals surface area (Å²) in [6.45, 7) is 6.00. The zero-order chi connectivity index (χ0) is 20.7. The van der Waals surface area contributed by atoms with Gasteiger partial charge < -0.3 is 5.32 Å². The average molecular weight is 421 g/mol. The molecule has 0 radical (unpaired) electrons. The van der Waals surface area contributed by atoms with Crippen LogP contribution < -0.4 is 9.62 Å². The van der Waals surface area contributed by atoms with Crippen LogP contribution in [0.25, 0.3) is 0 Å². The van der Waals surface area contributed by atoms with Crippen LogP contribution in [0.1, 0.15) is 23.6 Å². The van der Waals surface area contributed by atoms with Crippen LogP contribution in [0.2, 0.25) is 0 Å². The highest BCUT2D eigenvalue weighted by atomic mass is 32.2. The number of rotatable bonds is 9. The van der Waals surface area contributed by atoms with E-state index in [1.807, 2.05) is 38.1 Å². The molecule has 0 saturated heterocycles. The zero-order valence-electron chi connectivity index (χ0n) is 16.8. The van der Waals surface area contributed by atoms with Crippen LogP contribution in [0.3, 0.4) is 0 Å². The van der Waals surface area contributed by atoms with Gasteiger partial charge in [0.15, 0.2) is 0 Å². The minimum absolute atomic E-state index is 0.302. The third kappa shape index (κ3) is 6.27. The lowest BCUT2D eigenvalue weighted by molar-refractivity contribution is -0.121. The number of nitrogens with one attached hydrogen (secondary N) is 1. The van der Waals surface area contributed by atoms with Gasteiger partial charge in [-0.25, -0.2) is 8.42 Å². The van der Waals surface area contributed by atoms with E-state index in [9.17, 15) is 13.2 Å². The molecule has 0 aliphatic heterocycles. The van der Waals surface area contributed by atoms with Gasteiger partial charge in [-0.05, 0) is 49.6 Å². The number of thioether (sulfide) groups is 1. The van der Waals surface area contributed by atoms with Gasteiger partial charge in [-0.3, -0.25) is 9.10 Å². The predicted molar refractivity (Wildman–Crippen MR) is 118 cm³/mol. The van der Waals surface area contributed by atoms with Crippen LogP contribution in [0.15, 0.2) is 48.5 Å². The molecule has 0 fully saturated rings. The number of hydrogen-bond donors (Lipinski definition) is 1. The monoisotopic (exact) mass is 420 g/mol. The molecule has 0 aliphatic carbocycles. The maximum atomic E-state index is 12.6. The summed E-state index contributed by atoms with van der Waals surface area (Å²) in [6, 6.07) is 14.7. The first kappa shape index (κ1) is 22.3. The van der Waals surface area contributed by atoms with E-state index < -0.39 is 16.1 Å². The SMILES string of the molecule is Cc1ccc(N(C(C)C(=O)NCCSCc2ccccc2)S(C)(=O)=O)cc1C. The summed E-state index contributed by atoms with van der Waals surface area (Å²) in [6.07, 6.45) is 1.13. The number of anilines is 1. The van der Waals surface area contributed by atoms with E-state index >= 15 is 0 Å². The van der Waals surface area contributed by atoms with Gasteiger partial charge in [-0.2, -0.15) is 11.8 Å². The summed E-state index contributed by atoms with van der Waals surface area (Å²) < 4.78 is 25.9. The molecule has 2 aromatic carbocycles. The van der Waals surface area contributed by atoms with Crippen LogP contribution in [0.4, 0.5) is 5.69 Å². The van der Waals surface area contributed by atoms with E-state index in [-0.39, 0.29) is 5.91 Å². The molecular weight excluding hydrogens is 392 g/mol. The van der Waals surface area contributed by atoms with Gasteiger partial charge in [0.25, 0.3) is 0 Å². The second-order valence-corrected chi connectivity index (χ2v) is 9.80. The van der Waals surface area contributed by atoms with Crippen molar-refractivity contribution in [1.82, 2.24) is 5.32 Å². The van der Waals surface area contributed by atoms with Crippen LogP contribution in [0, 0.1) is 13.8 Å². The standard InChI is InChI=1S/C21H28N2O3S2/c1-16-10-11-20(14-17(16)2)23(28(4,25)26)18(3)21(24)22-12-13-27-15-19-8-6-5-7-9-19/h5-11,14,18H,12-13,15H2,1-4H3,(H,22,24). The average Bonchev–Trinajstić information content (AvgIpc) is 2.64. The highest BCUT2D eigenvalue weighted by Gasteiger charge is 2.29. The molecule has 1 unspecified atom stereocenters. The number of carbonyl (C=O) groups is 1. The Kier molecular flexibility index (Phi) is 7.95. The first-order valence-electron chi connectivity index (χ1n) is 9.16. The molecule has 2 rings (SSSR count). The molecule has 0 spiro atoms. The molecule has 5 nitrogen and oxygen atoms in total. The van der Waals surface area contributed by atoms with Crippen molar-refractivity contribution < 1.29 is 13.2 Å². The largest absolute Gasteiger partial charge is 0.353 e. The number of carbonyl (C=O) groups excluding carboxylic acids is 1. The van der Waals surface area contributed by atoms with Gasteiger partial charge >= 0.3 is 0 Å². The summed E-state index contributed by atoms with van der Waals surface area (Å²) in [4.78, 5) is 12.6. The Morgan fingerprint density at radius 1 is 1.11 bits per heavy atom. The molecule has 1 N–H and O–H groups in total. The first-order valence-corrected chi connectivity index (χ1v) is 12.2. The maximum Gasteiger partial charge on any atom is 0.243 e. The molecule has 0 heterocycles. The number of sulfonamides is 1. The summed E-state index contributed by atoms with van der Waals surface area (Å²) in [7, 11) is -3.60. The number of nitrogens with zero attached hydrogens (tertiary/aromatic N) is 1. The van der Waals surface area contributed by atoms with Gasteiger partial charge in [0, 0.05) is 18.1 Å². The van der Waals surface area contributed by atoms with Crippen molar-refractivity contribution in [3.8, 4) is 0 Å². The van der Waals surface area contributed by atoms with Gasteiger partial charge in [0.05, 0.1) is 11.9 Å². The minimum atomic E-state index is -3.60. The Bertz CT molecular complexity index is 899. The molecule has 0 aliphatic rings. The molecule has 152 valence electrons. The molecular formula is C21H28N2O3S2. The quantitative estimate of drug-likeness (QED) is 0.631. The van der Waals surface area contributed by atoms with Gasteiger partial charge in [0.2, 0.25) is 15.9 Å². The minimum Gasteiger partial charge on any atom is -0.353 e. The lowest BCUT2D eigenvalue weighted by atomic mass is 10.1. The summed E-state index contributed by atoms with van der Waals surface area (Å²) in [5.41, 5.74) is 3.80. The lowest BCUT2D eigenvalue weighted by Gasteiger charge is -2.28. The predicted octanol–water partition coefficient (Wildman–Crippen LogP) is 3.51. The van der Waals surface area contributed by atoms with Gasteiger partial charge in [-0.15, -0.1) is 0 Å². The Labute approximate surface area is 172 Å². The molecule has 0 aromatic heterocycles. The molecule has 0 bridgehead atoms. The fourth-order valence-electron chi connectivity index (χ4n) is 2.83. The first-order chi connectivity index (χ1) is 13.2. The normalized spacial score (nSPS) is 12.4. The fraction of sp³-hybridized carbons (Fsp3) is 0.381. The van der Waals surface area contributed by atoms with Crippen LogP contribution in [-0.2, 0) is 20.6 Å². The van der Waals surface area contributed by atoms with Crippen molar-refractivity contribution in [2.45, 2.75) is 32.6 Å². The molecule has 28 heavy (non-hydrogen) atoms. The second-order valence-electron chi connectivity index (χ2n) is 6.83.